The van der Waals surface area contributed by atoms with Crippen molar-refractivity contribution in [3.8, 4) is 10.6 Å². The minimum atomic E-state index is 0.266. The third kappa shape index (κ3) is 4.48. The summed E-state index contributed by atoms with van der Waals surface area (Å²) in [6, 6.07) is 10.2. The Morgan fingerprint density at radius 3 is 2.87 bits per heavy atom. The number of rotatable bonds is 6. The maximum Gasteiger partial charge on any atom is 0.178 e. The monoisotopic (exact) mass is 422 g/mol. The summed E-state index contributed by atoms with van der Waals surface area (Å²) in [5.41, 5.74) is 15.3. The van der Waals surface area contributed by atoms with Gasteiger partial charge in [0.1, 0.15) is 10.0 Å². The Hall–Kier alpha value is -2.88. The van der Waals surface area contributed by atoms with Crippen LogP contribution in [-0.4, -0.2) is 51.4 Å². The molecule has 1 aromatic carbocycles. The lowest BCUT2D eigenvalue weighted by atomic mass is 10.1. The van der Waals surface area contributed by atoms with E-state index in [1.165, 1.54) is 6.34 Å². The summed E-state index contributed by atoms with van der Waals surface area (Å²) in [4.78, 5) is 14.6. The van der Waals surface area contributed by atoms with Crippen LogP contribution in [0.1, 0.15) is 36.0 Å². The smallest absolute Gasteiger partial charge is 0.178 e. The highest BCUT2D eigenvalue weighted by molar-refractivity contribution is 7.14. The molecule has 3 aromatic rings. The zero-order valence-corrected chi connectivity index (χ0v) is 17.9. The largest absolute Gasteiger partial charge is 0.390 e. The van der Waals surface area contributed by atoms with Gasteiger partial charge in [-0.1, -0.05) is 37.3 Å². The Morgan fingerprint density at radius 1 is 1.33 bits per heavy atom. The van der Waals surface area contributed by atoms with Gasteiger partial charge in [0.15, 0.2) is 5.84 Å². The van der Waals surface area contributed by atoms with Gasteiger partial charge in [-0.2, -0.15) is 0 Å². The molecular formula is C21H26N8S. The molecule has 0 radical (unpaired) electrons. The van der Waals surface area contributed by atoms with Crippen molar-refractivity contribution in [1.82, 2.24) is 20.1 Å². The summed E-state index contributed by atoms with van der Waals surface area (Å²) in [5.74, 6) is 0.898. The minimum absolute atomic E-state index is 0.266. The highest BCUT2D eigenvalue weighted by atomic mass is 32.1. The first-order valence-electron chi connectivity index (χ1n) is 9.95. The quantitative estimate of drug-likeness (QED) is 0.416. The topological polar surface area (TPSA) is 122 Å². The van der Waals surface area contributed by atoms with E-state index in [1.807, 2.05) is 36.5 Å². The van der Waals surface area contributed by atoms with Crippen LogP contribution in [-0.2, 0) is 6.54 Å². The highest BCUT2D eigenvalue weighted by Gasteiger charge is 2.24. The first-order valence-corrected chi connectivity index (χ1v) is 10.8. The van der Waals surface area contributed by atoms with Crippen LogP contribution in [0.2, 0.25) is 0 Å². The van der Waals surface area contributed by atoms with Crippen LogP contribution in [0.25, 0.3) is 10.6 Å². The van der Waals surface area contributed by atoms with E-state index in [-0.39, 0.29) is 6.04 Å². The van der Waals surface area contributed by atoms with Crippen LogP contribution in [0.15, 0.2) is 46.5 Å². The number of nitrogens with one attached hydrogen (secondary N) is 1. The van der Waals surface area contributed by atoms with Crippen LogP contribution in [0, 0.1) is 0 Å². The highest BCUT2D eigenvalue weighted by Crippen LogP contribution is 2.30. The molecule has 1 saturated heterocycles. The Bertz CT molecular complexity index is 1060. The van der Waals surface area contributed by atoms with Crippen molar-refractivity contribution >= 4 is 29.2 Å². The van der Waals surface area contributed by atoms with Crippen molar-refractivity contribution < 1.29 is 0 Å². The molecule has 1 aliphatic heterocycles. The molecule has 1 aliphatic rings. The average Bonchev–Trinajstić information content (AvgIpc) is 3.37. The SMILES string of the molecule is CC(C)c1nnc(-c2cccc(N=C(N=CN)c3[nH]ccc3CN3CC(N)C3)c2)s1. The second kappa shape index (κ2) is 8.86. The van der Waals surface area contributed by atoms with Crippen molar-refractivity contribution in [3.63, 3.8) is 0 Å². The molecule has 0 aliphatic carbocycles. The average molecular weight is 423 g/mol. The molecule has 0 saturated carbocycles. The van der Waals surface area contributed by atoms with Gasteiger partial charge in [0, 0.05) is 43.4 Å². The molecule has 8 nitrogen and oxygen atoms in total. The molecule has 156 valence electrons. The molecule has 0 atom stereocenters. The number of hydrogen-bond donors (Lipinski definition) is 3. The van der Waals surface area contributed by atoms with E-state index >= 15 is 0 Å². The predicted octanol–water partition coefficient (Wildman–Crippen LogP) is 2.86. The third-order valence-electron chi connectivity index (χ3n) is 4.90. The van der Waals surface area contributed by atoms with E-state index in [1.54, 1.807) is 11.3 Å². The van der Waals surface area contributed by atoms with Gasteiger partial charge in [-0.05, 0) is 23.8 Å². The van der Waals surface area contributed by atoms with Crippen LogP contribution >= 0.6 is 11.3 Å². The Morgan fingerprint density at radius 2 is 2.17 bits per heavy atom. The van der Waals surface area contributed by atoms with Gasteiger partial charge in [0.25, 0.3) is 0 Å². The number of likely N-dealkylation sites (tertiary alicyclic amines) is 1. The van der Waals surface area contributed by atoms with Crippen LogP contribution in [0.5, 0.6) is 0 Å². The number of aliphatic imine (C=N–C) groups is 2. The second-order valence-corrected chi connectivity index (χ2v) is 8.71. The van der Waals surface area contributed by atoms with Crippen molar-refractivity contribution in [2.24, 2.45) is 21.5 Å². The van der Waals surface area contributed by atoms with Crippen molar-refractivity contribution in [1.29, 1.82) is 0 Å². The number of benzene rings is 1. The molecule has 9 heteroatoms. The molecule has 30 heavy (non-hydrogen) atoms. The standard InChI is InChI=1S/C21H26N8S/c1-13(2)20-27-28-21(30-20)14-4-3-5-17(8-14)26-19(25-12-22)18-15(6-7-24-18)9-29-10-16(23)11-29/h3-8,12-13,16,24H,9-11,23H2,1-2H3,(H2,22,25,26). The van der Waals surface area contributed by atoms with E-state index < -0.39 is 0 Å². The summed E-state index contributed by atoms with van der Waals surface area (Å²) < 4.78 is 0. The van der Waals surface area contributed by atoms with E-state index in [4.69, 9.17) is 16.5 Å². The van der Waals surface area contributed by atoms with Gasteiger partial charge < -0.3 is 16.5 Å². The number of aromatic amines is 1. The Kier molecular flexibility index (Phi) is 6.03. The maximum absolute atomic E-state index is 5.90. The number of hydrogen-bond acceptors (Lipinski definition) is 6. The first-order chi connectivity index (χ1) is 14.5. The molecule has 0 unspecified atom stereocenters. The first kappa shape index (κ1) is 20.4. The molecule has 0 spiro atoms. The second-order valence-electron chi connectivity index (χ2n) is 7.70. The van der Waals surface area contributed by atoms with Crippen molar-refractivity contribution in [2.45, 2.75) is 32.4 Å². The van der Waals surface area contributed by atoms with Crippen LogP contribution in [0.3, 0.4) is 0 Å². The molecule has 0 amide bonds. The zero-order chi connectivity index (χ0) is 21.1. The van der Waals surface area contributed by atoms with Crippen molar-refractivity contribution in [3.05, 3.63) is 52.8 Å². The predicted molar refractivity (Wildman–Crippen MR) is 122 cm³/mol. The van der Waals surface area contributed by atoms with E-state index in [0.717, 1.165) is 52.2 Å². The van der Waals surface area contributed by atoms with Gasteiger partial charge in [0.05, 0.1) is 17.7 Å². The van der Waals surface area contributed by atoms with Gasteiger partial charge in [0.2, 0.25) is 0 Å². The van der Waals surface area contributed by atoms with E-state index in [0.29, 0.717) is 11.8 Å². The fraction of sp³-hybridized carbons (Fsp3) is 0.333. The molecule has 4 rings (SSSR count). The van der Waals surface area contributed by atoms with Crippen LogP contribution in [0.4, 0.5) is 5.69 Å². The zero-order valence-electron chi connectivity index (χ0n) is 17.1. The molecular weight excluding hydrogens is 396 g/mol. The summed E-state index contributed by atoms with van der Waals surface area (Å²) in [7, 11) is 0. The molecule has 5 N–H and O–H groups in total. The molecule has 2 aromatic heterocycles. The van der Waals surface area contributed by atoms with Crippen molar-refractivity contribution in [2.75, 3.05) is 13.1 Å². The third-order valence-corrected chi connectivity index (χ3v) is 6.17. The lowest BCUT2D eigenvalue weighted by Crippen LogP contribution is -2.54. The van der Waals surface area contributed by atoms with E-state index in [9.17, 15) is 0 Å². The lowest BCUT2D eigenvalue weighted by Gasteiger charge is -2.36. The maximum atomic E-state index is 5.90. The molecule has 0 bridgehead atoms. The van der Waals surface area contributed by atoms with E-state index in [2.05, 4.69) is 38.9 Å². The number of amidine groups is 1. The lowest BCUT2D eigenvalue weighted by molar-refractivity contribution is 0.142. The number of aromatic nitrogens is 3. The molecule has 1 fully saturated rings. The van der Waals surface area contributed by atoms with Gasteiger partial charge in [-0.15, -0.1) is 10.2 Å². The van der Waals surface area contributed by atoms with Gasteiger partial charge in [-0.25, -0.2) is 9.98 Å². The summed E-state index contributed by atoms with van der Waals surface area (Å²) in [6.45, 7) is 6.83. The number of nitrogens with zero attached hydrogens (tertiary/aromatic N) is 5. The van der Waals surface area contributed by atoms with Gasteiger partial charge >= 0.3 is 0 Å². The minimum Gasteiger partial charge on any atom is -0.390 e. The number of nitrogens with two attached hydrogens (primary N) is 2. The normalized spacial score (nSPS) is 15.9. The van der Waals surface area contributed by atoms with Gasteiger partial charge in [-0.3, -0.25) is 4.90 Å². The molecule has 3 heterocycles. The number of H-pyrrole nitrogens is 1. The summed E-state index contributed by atoms with van der Waals surface area (Å²) in [5, 5.41) is 10.5. The summed E-state index contributed by atoms with van der Waals surface area (Å²) >= 11 is 1.61. The fourth-order valence-electron chi connectivity index (χ4n) is 3.36. The summed E-state index contributed by atoms with van der Waals surface area (Å²) in [6.07, 6.45) is 3.17. The fourth-order valence-corrected chi connectivity index (χ4v) is 4.20. The Labute approximate surface area is 179 Å². The Balaban J connectivity index is 1.62. The van der Waals surface area contributed by atoms with Crippen LogP contribution < -0.4 is 11.5 Å².